The van der Waals surface area contributed by atoms with Gasteiger partial charge in [-0.2, -0.15) is 0 Å². The van der Waals surface area contributed by atoms with Gasteiger partial charge in [-0.3, -0.25) is 4.79 Å². The number of carbonyl (C=O) groups is 1. The van der Waals surface area contributed by atoms with Gasteiger partial charge in [-0.25, -0.2) is 0 Å². The molecule has 1 amide bonds. The summed E-state index contributed by atoms with van der Waals surface area (Å²) in [5, 5.41) is 14.5. The van der Waals surface area contributed by atoms with Crippen LogP contribution in [0.4, 0.5) is 0 Å². The molecule has 0 aromatic heterocycles. The summed E-state index contributed by atoms with van der Waals surface area (Å²) in [6, 6.07) is 0. The molecule has 0 aromatic carbocycles. The van der Waals surface area contributed by atoms with E-state index in [0.29, 0.717) is 12.3 Å². The normalized spacial score (nSPS) is 26.8. The van der Waals surface area contributed by atoms with Gasteiger partial charge in [0.1, 0.15) is 0 Å². The van der Waals surface area contributed by atoms with E-state index in [9.17, 15) is 9.90 Å². The van der Waals surface area contributed by atoms with Gasteiger partial charge in [0.25, 0.3) is 0 Å². The van der Waals surface area contributed by atoms with Crippen molar-refractivity contribution in [3.8, 4) is 0 Å². The molecule has 0 fully saturated rings. The van der Waals surface area contributed by atoms with Crippen molar-refractivity contribution in [1.29, 1.82) is 0 Å². The van der Waals surface area contributed by atoms with Crippen LogP contribution >= 0.6 is 0 Å². The maximum atomic E-state index is 13.1. The highest BCUT2D eigenvalue weighted by atomic mass is 28.4. The van der Waals surface area contributed by atoms with Crippen LogP contribution in [0, 0.1) is 17.3 Å². The molecule has 0 bridgehead atoms. The summed E-state index contributed by atoms with van der Waals surface area (Å²) in [6.07, 6.45) is 13.3. The van der Waals surface area contributed by atoms with Crippen molar-refractivity contribution in [3.05, 3.63) is 23.8 Å². The number of hydrogen-bond acceptors (Lipinski definition) is 4. The minimum atomic E-state index is -2.12. The van der Waals surface area contributed by atoms with Gasteiger partial charge in [-0.1, -0.05) is 87.0 Å². The Morgan fingerprint density at radius 1 is 1.07 bits per heavy atom. The van der Waals surface area contributed by atoms with Crippen molar-refractivity contribution in [2.75, 3.05) is 6.54 Å². The number of rotatable bonds is 14. The molecule has 42 heavy (non-hydrogen) atoms. The number of allylic oxidation sites excluding steroid dienone is 3. The van der Waals surface area contributed by atoms with Gasteiger partial charge in [0.15, 0.2) is 16.6 Å². The van der Waals surface area contributed by atoms with Crippen molar-refractivity contribution >= 4 is 22.5 Å². The van der Waals surface area contributed by atoms with Crippen LogP contribution in [0.1, 0.15) is 114 Å². The summed E-state index contributed by atoms with van der Waals surface area (Å²) in [5.41, 5.74) is 1.28. The van der Waals surface area contributed by atoms with Crippen LogP contribution < -0.4 is 5.32 Å². The molecule has 6 atom stereocenters. The Morgan fingerprint density at radius 2 is 1.64 bits per heavy atom. The van der Waals surface area contributed by atoms with Crippen LogP contribution in [0.15, 0.2) is 23.8 Å². The molecule has 0 radical (unpaired) electrons. The Kier molecular flexibility index (Phi) is 13.0. The van der Waals surface area contributed by atoms with E-state index in [1.54, 1.807) is 0 Å². The fourth-order valence-electron chi connectivity index (χ4n) is 6.17. The second kappa shape index (κ2) is 14.6. The highest BCUT2D eigenvalue weighted by Gasteiger charge is 2.46. The fourth-order valence-corrected chi connectivity index (χ4v) is 8.93. The van der Waals surface area contributed by atoms with Crippen LogP contribution in [0.3, 0.4) is 0 Å². The number of aliphatic hydroxyl groups is 1. The molecule has 2 N–H and O–H groups in total. The molecule has 0 saturated carbocycles. The zero-order valence-electron chi connectivity index (χ0n) is 29.7. The molecule has 0 aromatic rings. The number of nitrogens with one attached hydrogen (secondary N) is 1. The van der Waals surface area contributed by atoms with Gasteiger partial charge < -0.3 is 19.3 Å². The molecular formula is C35H67NO4Si2. The predicted octanol–water partition coefficient (Wildman–Crippen LogP) is 9.15. The van der Waals surface area contributed by atoms with Gasteiger partial charge in [0.05, 0.1) is 18.6 Å². The highest BCUT2D eigenvalue weighted by molar-refractivity contribution is 6.74. The molecule has 244 valence electrons. The smallest absolute Gasteiger partial charge is 0.222 e. The summed E-state index contributed by atoms with van der Waals surface area (Å²) >= 11 is 0. The number of fused-ring (bicyclic) bond motifs is 1. The molecule has 5 unspecified atom stereocenters. The average Bonchev–Trinajstić information content (AvgIpc) is 2.80. The largest absolute Gasteiger partial charge is 0.414 e. The number of amides is 1. The van der Waals surface area contributed by atoms with Crippen molar-refractivity contribution < 1.29 is 18.8 Å². The van der Waals surface area contributed by atoms with Crippen molar-refractivity contribution in [2.45, 2.75) is 168 Å². The Bertz CT molecular complexity index is 946. The zero-order valence-corrected chi connectivity index (χ0v) is 31.7. The lowest BCUT2D eigenvalue weighted by Gasteiger charge is -2.47. The van der Waals surface area contributed by atoms with E-state index in [2.05, 4.69) is 112 Å². The topological polar surface area (TPSA) is 67.8 Å². The average molecular weight is 622 g/mol. The Hall–Kier alpha value is -0.736. The van der Waals surface area contributed by atoms with Gasteiger partial charge in [-0.05, 0) is 91.7 Å². The molecule has 0 aliphatic heterocycles. The van der Waals surface area contributed by atoms with E-state index in [1.165, 1.54) is 5.57 Å². The number of hydrogen-bond donors (Lipinski definition) is 2. The molecule has 2 aliphatic rings. The third kappa shape index (κ3) is 10.1. The molecular weight excluding hydrogens is 555 g/mol. The van der Waals surface area contributed by atoms with Crippen LogP contribution in [0.25, 0.3) is 0 Å². The standard InChI is InChI=1S/C35H67NO4Si2/c1-14-15-21-36-31(38)25-29(40-42(12,13)34(6,7)8)24-28(39-41(10,11)33(3,4)5)18-20-35(9)19-16-17-27-22-26(2)23-30(37)32(27)35/h16-17,22,26,28-30,32,37H,14-15,18-21,23-25H2,1-13H3,(H,36,38)/t26?,28?,29?,30?,32-,35?/m1/s1. The van der Waals surface area contributed by atoms with E-state index in [1.807, 2.05) is 0 Å². The molecule has 0 saturated heterocycles. The maximum absolute atomic E-state index is 13.1. The van der Waals surface area contributed by atoms with E-state index in [0.717, 1.165) is 51.5 Å². The second-order valence-electron chi connectivity index (χ2n) is 16.9. The molecule has 0 spiro atoms. The van der Waals surface area contributed by atoms with E-state index >= 15 is 0 Å². The first kappa shape index (κ1) is 37.5. The van der Waals surface area contributed by atoms with Gasteiger partial charge in [0.2, 0.25) is 5.91 Å². The first-order valence-electron chi connectivity index (χ1n) is 16.8. The lowest BCUT2D eigenvalue weighted by atomic mass is 9.60. The highest BCUT2D eigenvalue weighted by Crippen LogP contribution is 2.50. The van der Waals surface area contributed by atoms with Crippen molar-refractivity contribution in [3.63, 3.8) is 0 Å². The molecule has 0 heterocycles. The van der Waals surface area contributed by atoms with Crippen LogP contribution in [-0.2, 0) is 13.6 Å². The first-order valence-corrected chi connectivity index (χ1v) is 22.6. The summed E-state index contributed by atoms with van der Waals surface area (Å²) in [5.74, 6) is 0.650. The Morgan fingerprint density at radius 3 is 2.19 bits per heavy atom. The fraction of sp³-hybridized carbons (Fsp3) is 0.857. The minimum absolute atomic E-state index is 0.00100. The summed E-state index contributed by atoms with van der Waals surface area (Å²) in [6.45, 7) is 30.3. The van der Waals surface area contributed by atoms with Gasteiger partial charge in [-0.15, -0.1) is 0 Å². The lowest BCUT2D eigenvalue weighted by Crippen LogP contribution is -2.48. The second-order valence-corrected chi connectivity index (χ2v) is 26.4. The lowest BCUT2D eigenvalue weighted by molar-refractivity contribution is -0.123. The molecule has 2 rings (SSSR count). The number of aliphatic hydroxyl groups excluding tert-OH is 1. The molecule has 2 aliphatic carbocycles. The summed E-state index contributed by atoms with van der Waals surface area (Å²) < 4.78 is 14.2. The SMILES string of the molecule is CCCCNC(=O)CC(CC(CCC1(C)CC=CC2=CC(C)CC(O)[C@@H]21)O[Si](C)(C)C(C)(C)C)O[Si](C)(C)C(C)(C)C. The van der Waals surface area contributed by atoms with E-state index in [-0.39, 0.29) is 45.6 Å². The molecule has 7 heteroatoms. The van der Waals surface area contributed by atoms with Crippen LogP contribution in [0.2, 0.25) is 36.3 Å². The first-order chi connectivity index (χ1) is 19.1. The zero-order chi connectivity index (χ0) is 32.1. The van der Waals surface area contributed by atoms with Gasteiger partial charge >= 0.3 is 0 Å². The quantitative estimate of drug-likeness (QED) is 0.150. The summed E-state index contributed by atoms with van der Waals surface area (Å²) in [4.78, 5) is 13.1. The third-order valence-corrected chi connectivity index (χ3v) is 19.9. The Labute approximate surface area is 261 Å². The van der Waals surface area contributed by atoms with Crippen molar-refractivity contribution in [1.82, 2.24) is 5.32 Å². The van der Waals surface area contributed by atoms with E-state index < -0.39 is 16.6 Å². The predicted molar refractivity (Wildman–Crippen MR) is 184 cm³/mol. The third-order valence-electron chi connectivity index (χ3n) is 10.8. The van der Waals surface area contributed by atoms with Crippen molar-refractivity contribution in [2.24, 2.45) is 17.3 Å². The van der Waals surface area contributed by atoms with Crippen LogP contribution in [0.5, 0.6) is 0 Å². The molecule has 5 nitrogen and oxygen atoms in total. The maximum Gasteiger partial charge on any atom is 0.222 e. The van der Waals surface area contributed by atoms with E-state index in [4.69, 9.17) is 8.85 Å². The monoisotopic (exact) mass is 621 g/mol. The minimum Gasteiger partial charge on any atom is -0.414 e. The van der Waals surface area contributed by atoms with Gasteiger partial charge in [0, 0.05) is 18.6 Å². The number of carbonyl (C=O) groups excluding carboxylic acids is 1. The Balaban J connectivity index is 2.36. The summed E-state index contributed by atoms with van der Waals surface area (Å²) in [7, 11) is -4.20. The number of unbranched alkanes of at least 4 members (excludes halogenated alkanes) is 1. The van der Waals surface area contributed by atoms with Crippen LogP contribution in [-0.4, -0.2) is 52.5 Å².